The molecule has 0 N–H and O–H groups in total. The molecule has 0 bridgehead atoms. The Bertz CT molecular complexity index is 3970. The topological polar surface area (TPSA) is 16.4 Å². The van der Waals surface area contributed by atoms with Gasteiger partial charge in [-0.3, -0.25) is 0 Å². The number of hydrogen-bond donors (Lipinski definition) is 0. The van der Waals surface area contributed by atoms with E-state index in [-0.39, 0.29) is 0 Å². The van der Waals surface area contributed by atoms with E-state index in [2.05, 4.69) is 278 Å². The van der Waals surface area contributed by atoms with E-state index in [0.29, 0.717) is 0 Å². The van der Waals surface area contributed by atoms with Crippen LogP contribution >= 0.6 is 0 Å². The lowest BCUT2D eigenvalue weighted by Gasteiger charge is -2.27. The Labute approximate surface area is 407 Å². The van der Waals surface area contributed by atoms with Crippen LogP contribution in [0.4, 0.5) is 17.1 Å². The van der Waals surface area contributed by atoms with Crippen LogP contribution in [0.15, 0.2) is 277 Å². The van der Waals surface area contributed by atoms with E-state index < -0.39 is 0 Å². The second-order valence-corrected chi connectivity index (χ2v) is 18.0. The quantitative estimate of drug-likeness (QED) is 0.144. The summed E-state index contributed by atoms with van der Waals surface area (Å²) >= 11 is 0. The summed E-state index contributed by atoms with van der Waals surface area (Å²) in [6, 6.07) is 98.6. The van der Waals surface area contributed by atoms with Gasteiger partial charge in [0, 0.05) is 22.3 Å². The molecule has 13 rings (SSSR count). The Kier molecular flexibility index (Phi) is 10.2. The minimum Gasteiger partial charge on any atom is -0.455 e. The van der Waals surface area contributed by atoms with Crippen LogP contribution in [0.5, 0.6) is 0 Å². The maximum atomic E-state index is 6.95. The first-order chi connectivity index (χ1) is 34.7. The molecule has 0 unspecified atom stereocenters. The molecule has 2 heteroatoms. The van der Waals surface area contributed by atoms with Gasteiger partial charge in [-0.1, -0.05) is 212 Å². The number of fused-ring (bicyclic) bond motifs is 5. The van der Waals surface area contributed by atoms with E-state index >= 15 is 0 Å². The smallest absolute Gasteiger partial charge is 0.145 e. The number of anilines is 3. The van der Waals surface area contributed by atoms with Crippen molar-refractivity contribution in [2.75, 3.05) is 4.90 Å². The molecule has 0 saturated heterocycles. The molecule has 0 spiro atoms. The standard InChI is InChI=1S/C68H45NO/c1-3-17-46(18-4-1)52-43-53(47-19-5-2-6-20-47)45-54(44-52)61-28-12-11-26-58(61)50-33-37-55(38-34-50)69(56-39-35-51(36-40-56)59-30-15-23-48-21-7-9-25-57(48)59)65-42-41-63(62-31-16-24-49-22-8-10-27-60(49)62)68-67(65)64-29-13-14-32-66(64)70-68/h1-45H. The van der Waals surface area contributed by atoms with E-state index in [4.69, 9.17) is 4.42 Å². The van der Waals surface area contributed by atoms with Crippen LogP contribution < -0.4 is 4.90 Å². The van der Waals surface area contributed by atoms with Crippen molar-refractivity contribution in [1.82, 2.24) is 0 Å². The molecule has 0 atom stereocenters. The van der Waals surface area contributed by atoms with Gasteiger partial charge >= 0.3 is 0 Å². The summed E-state index contributed by atoms with van der Waals surface area (Å²) in [5.41, 5.74) is 18.9. The largest absolute Gasteiger partial charge is 0.455 e. The third kappa shape index (κ3) is 7.31. The zero-order valence-corrected chi connectivity index (χ0v) is 38.3. The summed E-state index contributed by atoms with van der Waals surface area (Å²) < 4.78 is 6.95. The van der Waals surface area contributed by atoms with E-state index in [9.17, 15) is 0 Å². The molecule has 1 aromatic heterocycles. The normalized spacial score (nSPS) is 11.4. The maximum Gasteiger partial charge on any atom is 0.145 e. The molecular weight excluding hydrogens is 847 g/mol. The summed E-state index contributed by atoms with van der Waals surface area (Å²) in [6.07, 6.45) is 0. The summed E-state index contributed by atoms with van der Waals surface area (Å²) in [5.74, 6) is 0. The van der Waals surface area contributed by atoms with Crippen LogP contribution in [0.2, 0.25) is 0 Å². The number of rotatable bonds is 9. The Balaban J connectivity index is 0.975. The van der Waals surface area contributed by atoms with Crippen molar-refractivity contribution in [3.8, 4) is 66.8 Å². The molecule has 0 radical (unpaired) electrons. The molecule has 12 aromatic carbocycles. The van der Waals surface area contributed by atoms with Crippen molar-refractivity contribution in [3.63, 3.8) is 0 Å². The number of benzene rings is 12. The van der Waals surface area contributed by atoms with Crippen molar-refractivity contribution >= 4 is 60.5 Å². The lowest BCUT2D eigenvalue weighted by atomic mass is 9.89. The van der Waals surface area contributed by atoms with Gasteiger partial charge in [0.25, 0.3) is 0 Å². The molecule has 0 amide bonds. The molecule has 0 aliphatic rings. The zero-order valence-electron chi connectivity index (χ0n) is 38.3. The highest BCUT2D eigenvalue weighted by Crippen LogP contribution is 2.48. The van der Waals surface area contributed by atoms with Crippen LogP contribution in [0.3, 0.4) is 0 Å². The van der Waals surface area contributed by atoms with Crippen LogP contribution in [0.25, 0.3) is 110 Å². The third-order valence-corrected chi connectivity index (χ3v) is 13.9. The molecule has 1 heterocycles. The molecule has 0 aliphatic carbocycles. The molecule has 0 fully saturated rings. The van der Waals surface area contributed by atoms with Crippen LogP contribution in [0, 0.1) is 0 Å². The van der Waals surface area contributed by atoms with Crippen LogP contribution in [0.1, 0.15) is 0 Å². The van der Waals surface area contributed by atoms with Crippen LogP contribution in [-0.2, 0) is 0 Å². The van der Waals surface area contributed by atoms with Crippen molar-refractivity contribution in [3.05, 3.63) is 273 Å². The molecule has 70 heavy (non-hydrogen) atoms. The van der Waals surface area contributed by atoms with Gasteiger partial charge in [0.1, 0.15) is 11.2 Å². The first kappa shape index (κ1) is 41.0. The highest BCUT2D eigenvalue weighted by Gasteiger charge is 2.23. The van der Waals surface area contributed by atoms with Crippen molar-refractivity contribution in [1.29, 1.82) is 0 Å². The second-order valence-electron chi connectivity index (χ2n) is 18.0. The predicted molar refractivity (Wildman–Crippen MR) is 296 cm³/mol. The molecule has 2 nitrogen and oxygen atoms in total. The highest BCUT2D eigenvalue weighted by molar-refractivity contribution is 6.18. The number of para-hydroxylation sites is 1. The number of hydrogen-bond acceptors (Lipinski definition) is 2. The van der Waals surface area contributed by atoms with Gasteiger partial charge in [0.2, 0.25) is 0 Å². The first-order valence-electron chi connectivity index (χ1n) is 24.0. The second kappa shape index (κ2) is 17.4. The molecule has 13 aromatic rings. The van der Waals surface area contributed by atoms with Gasteiger partial charge in [-0.2, -0.15) is 0 Å². The van der Waals surface area contributed by atoms with E-state index in [1.165, 1.54) is 71.6 Å². The number of furan rings is 1. The monoisotopic (exact) mass is 891 g/mol. The summed E-state index contributed by atoms with van der Waals surface area (Å²) in [6.45, 7) is 0. The van der Waals surface area contributed by atoms with Crippen molar-refractivity contribution in [2.24, 2.45) is 0 Å². The van der Waals surface area contributed by atoms with Gasteiger partial charge in [-0.05, 0) is 143 Å². The van der Waals surface area contributed by atoms with E-state index in [1.54, 1.807) is 0 Å². The van der Waals surface area contributed by atoms with E-state index in [0.717, 1.165) is 55.7 Å². The fourth-order valence-electron chi connectivity index (χ4n) is 10.5. The minimum atomic E-state index is 0.858. The zero-order chi connectivity index (χ0) is 46.4. The van der Waals surface area contributed by atoms with Gasteiger partial charge in [0.05, 0.1) is 11.1 Å². The summed E-state index contributed by atoms with van der Waals surface area (Å²) in [5, 5.41) is 7.01. The SMILES string of the molecule is c1ccc(-c2cc(-c3ccccc3)cc(-c3ccccc3-c3ccc(N(c4ccc(-c5cccc6ccccc56)cc4)c4ccc(-c5cccc6ccccc56)c5oc6ccccc6c45)cc3)c2)cc1. The molecule has 0 aliphatic heterocycles. The molecule has 0 saturated carbocycles. The van der Waals surface area contributed by atoms with E-state index in [1.807, 2.05) is 0 Å². The summed E-state index contributed by atoms with van der Waals surface area (Å²) in [7, 11) is 0. The van der Waals surface area contributed by atoms with Gasteiger partial charge in [0.15, 0.2) is 0 Å². The lowest BCUT2D eigenvalue weighted by Crippen LogP contribution is -2.10. The van der Waals surface area contributed by atoms with Gasteiger partial charge in [-0.25, -0.2) is 0 Å². The predicted octanol–water partition coefficient (Wildman–Crippen LogP) is 19.4. The average molecular weight is 892 g/mol. The van der Waals surface area contributed by atoms with Gasteiger partial charge in [-0.15, -0.1) is 0 Å². The Morgan fingerprint density at radius 2 is 0.700 bits per heavy atom. The average Bonchev–Trinajstić information content (AvgIpc) is 3.84. The van der Waals surface area contributed by atoms with Gasteiger partial charge < -0.3 is 9.32 Å². The molecular formula is C68H45NO. The van der Waals surface area contributed by atoms with Crippen molar-refractivity contribution < 1.29 is 4.42 Å². The molecule has 328 valence electrons. The Morgan fingerprint density at radius 1 is 0.257 bits per heavy atom. The summed E-state index contributed by atoms with van der Waals surface area (Å²) in [4.78, 5) is 2.40. The Morgan fingerprint density at radius 3 is 1.31 bits per heavy atom. The highest BCUT2D eigenvalue weighted by atomic mass is 16.3. The number of nitrogens with zero attached hydrogens (tertiary/aromatic N) is 1. The maximum absolute atomic E-state index is 6.95. The van der Waals surface area contributed by atoms with Crippen molar-refractivity contribution in [2.45, 2.75) is 0 Å². The first-order valence-corrected chi connectivity index (χ1v) is 24.0. The Hall–Kier alpha value is -9.24. The minimum absolute atomic E-state index is 0.858. The van der Waals surface area contributed by atoms with Crippen LogP contribution in [-0.4, -0.2) is 0 Å². The fraction of sp³-hybridized carbons (Fsp3) is 0. The fourth-order valence-corrected chi connectivity index (χ4v) is 10.5. The lowest BCUT2D eigenvalue weighted by molar-refractivity contribution is 0.670. The third-order valence-electron chi connectivity index (χ3n) is 13.9.